The highest BCUT2D eigenvalue weighted by Crippen LogP contribution is 2.32. The summed E-state index contributed by atoms with van der Waals surface area (Å²) in [5.41, 5.74) is 16.2. The molecule has 0 bridgehead atoms. The van der Waals surface area contributed by atoms with E-state index in [1.165, 1.54) is 11.1 Å². The highest BCUT2D eigenvalue weighted by molar-refractivity contribution is 5.62. The molecule has 1 aliphatic carbocycles. The number of rotatable bonds is 3. The molecule has 1 fully saturated rings. The lowest BCUT2D eigenvalue weighted by Gasteiger charge is -2.28. The lowest BCUT2D eigenvalue weighted by atomic mass is 9.83. The summed E-state index contributed by atoms with van der Waals surface area (Å²) < 4.78 is 5.79. The molecular formula is C19H30N2O. The molecule has 22 heavy (non-hydrogen) atoms. The van der Waals surface area contributed by atoms with E-state index in [4.69, 9.17) is 16.2 Å². The summed E-state index contributed by atoms with van der Waals surface area (Å²) >= 11 is 0. The van der Waals surface area contributed by atoms with E-state index in [1.54, 1.807) is 0 Å². The molecule has 2 unspecified atom stereocenters. The quantitative estimate of drug-likeness (QED) is 0.896. The summed E-state index contributed by atoms with van der Waals surface area (Å²) in [5.74, 6) is 0.925. The number of ether oxygens (including phenoxy) is 1. The molecule has 4 N–H and O–H groups in total. The molecule has 2 atom stereocenters. The second-order valence-corrected chi connectivity index (χ2v) is 7.24. The molecule has 0 amide bonds. The van der Waals surface area contributed by atoms with Crippen LogP contribution in [0, 0.1) is 0 Å². The molecule has 0 aromatic heterocycles. The van der Waals surface area contributed by atoms with E-state index >= 15 is 0 Å². The van der Waals surface area contributed by atoms with Crippen LogP contribution in [-0.4, -0.2) is 18.7 Å². The molecule has 3 heteroatoms. The van der Waals surface area contributed by atoms with Gasteiger partial charge in [-0.15, -0.1) is 0 Å². The van der Waals surface area contributed by atoms with Gasteiger partial charge in [0.05, 0.1) is 6.61 Å². The Labute approximate surface area is 134 Å². The first-order valence-corrected chi connectivity index (χ1v) is 8.32. The van der Waals surface area contributed by atoms with E-state index in [-0.39, 0.29) is 17.5 Å². The maximum absolute atomic E-state index is 6.28. The van der Waals surface area contributed by atoms with Gasteiger partial charge in [-0.1, -0.05) is 38.5 Å². The normalized spacial score (nSPS) is 24.5. The first-order chi connectivity index (χ1) is 10.3. The van der Waals surface area contributed by atoms with Gasteiger partial charge in [-0.3, -0.25) is 0 Å². The van der Waals surface area contributed by atoms with Gasteiger partial charge in [0.25, 0.3) is 0 Å². The third-order valence-corrected chi connectivity index (χ3v) is 4.41. The van der Waals surface area contributed by atoms with E-state index in [9.17, 15) is 0 Å². The van der Waals surface area contributed by atoms with E-state index in [2.05, 4.69) is 45.0 Å². The van der Waals surface area contributed by atoms with Crippen LogP contribution in [0.2, 0.25) is 0 Å². The minimum Gasteiger partial charge on any atom is -0.493 e. The predicted molar refractivity (Wildman–Crippen MR) is 94.1 cm³/mol. The Morgan fingerprint density at radius 3 is 2.64 bits per heavy atom. The van der Waals surface area contributed by atoms with Gasteiger partial charge in [0.15, 0.2) is 0 Å². The fourth-order valence-electron chi connectivity index (χ4n) is 2.95. The summed E-state index contributed by atoms with van der Waals surface area (Å²) in [6.45, 7) is 9.35. The van der Waals surface area contributed by atoms with Crippen LogP contribution < -0.4 is 16.2 Å². The number of benzene rings is 1. The van der Waals surface area contributed by atoms with Gasteiger partial charge >= 0.3 is 0 Å². The van der Waals surface area contributed by atoms with Crippen LogP contribution in [-0.2, 0) is 5.41 Å². The molecule has 0 heterocycles. The molecule has 122 valence electrons. The summed E-state index contributed by atoms with van der Waals surface area (Å²) in [7, 11) is 0. The van der Waals surface area contributed by atoms with Crippen molar-refractivity contribution in [3.05, 3.63) is 34.9 Å². The molecule has 1 aromatic rings. The largest absolute Gasteiger partial charge is 0.493 e. The number of hydrogen-bond donors (Lipinski definition) is 2. The minimum atomic E-state index is -0.0403. The fraction of sp³-hybridized carbons (Fsp3) is 0.579. The zero-order chi connectivity index (χ0) is 16.3. The third kappa shape index (κ3) is 3.90. The van der Waals surface area contributed by atoms with Crippen LogP contribution >= 0.6 is 0 Å². The topological polar surface area (TPSA) is 61.3 Å². The fourth-order valence-corrected chi connectivity index (χ4v) is 2.95. The van der Waals surface area contributed by atoms with Crippen molar-refractivity contribution in [2.24, 2.45) is 11.5 Å². The Balaban J connectivity index is 2.42. The van der Waals surface area contributed by atoms with Crippen molar-refractivity contribution in [2.45, 2.75) is 64.5 Å². The zero-order valence-electron chi connectivity index (χ0n) is 14.4. The zero-order valence-corrected chi connectivity index (χ0v) is 14.4. The first kappa shape index (κ1) is 17.0. The molecule has 1 aromatic carbocycles. The van der Waals surface area contributed by atoms with E-state index < -0.39 is 0 Å². The van der Waals surface area contributed by atoms with Crippen LogP contribution in [0.1, 0.15) is 58.1 Å². The Kier molecular flexibility index (Phi) is 5.30. The molecule has 0 aliphatic heterocycles. The highest BCUT2D eigenvalue weighted by Gasteiger charge is 2.23. The van der Waals surface area contributed by atoms with Crippen LogP contribution in [0.15, 0.2) is 23.8 Å². The molecule has 1 saturated carbocycles. The Bertz CT molecular complexity index is 543. The van der Waals surface area contributed by atoms with Crippen LogP contribution in [0.3, 0.4) is 0 Å². The summed E-state index contributed by atoms with van der Waals surface area (Å²) in [4.78, 5) is 0. The van der Waals surface area contributed by atoms with Gasteiger partial charge in [-0.25, -0.2) is 0 Å². The average Bonchev–Trinajstić information content (AvgIpc) is 2.45. The lowest BCUT2D eigenvalue weighted by molar-refractivity contribution is 0.339. The van der Waals surface area contributed by atoms with Gasteiger partial charge < -0.3 is 16.2 Å². The highest BCUT2D eigenvalue weighted by atomic mass is 16.5. The molecule has 0 radical (unpaired) electrons. The van der Waals surface area contributed by atoms with Crippen molar-refractivity contribution in [1.29, 1.82) is 0 Å². The summed E-state index contributed by atoms with van der Waals surface area (Å²) in [5, 5.41) is 0. The van der Waals surface area contributed by atoms with Gasteiger partial charge in [-0.05, 0) is 49.3 Å². The van der Waals surface area contributed by atoms with Crippen LogP contribution in [0.4, 0.5) is 0 Å². The standard InChI is InChI=1S/C19H30N2O/c1-5-22-17-10-9-15(19(2,3)4)12-14(17)11-13-7-6-8-16(20)18(13)21/h9-12,16,18H,5-8,20-21H2,1-4H3. The molecular weight excluding hydrogens is 272 g/mol. The monoisotopic (exact) mass is 302 g/mol. The predicted octanol–water partition coefficient (Wildman–Crippen LogP) is 3.60. The van der Waals surface area contributed by atoms with Gasteiger partial charge in [0, 0.05) is 17.6 Å². The molecule has 0 saturated heterocycles. The van der Waals surface area contributed by atoms with Gasteiger partial charge in [0.1, 0.15) is 5.75 Å². The molecule has 3 nitrogen and oxygen atoms in total. The van der Waals surface area contributed by atoms with Gasteiger partial charge in [0.2, 0.25) is 0 Å². The second-order valence-electron chi connectivity index (χ2n) is 7.24. The Morgan fingerprint density at radius 2 is 2.00 bits per heavy atom. The lowest BCUT2D eigenvalue weighted by Crippen LogP contribution is -2.45. The van der Waals surface area contributed by atoms with E-state index in [0.717, 1.165) is 30.6 Å². The van der Waals surface area contributed by atoms with Crippen molar-refractivity contribution < 1.29 is 4.74 Å². The van der Waals surface area contributed by atoms with Crippen molar-refractivity contribution >= 4 is 6.08 Å². The minimum absolute atomic E-state index is 0.0403. The molecule has 2 rings (SSSR count). The third-order valence-electron chi connectivity index (χ3n) is 4.41. The van der Waals surface area contributed by atoms with Gasteiger partial charge in [-0.2, -0.15) is 0 Å². The van der Waals surface area contributed by atoms with Crippen molar-refractivity contribution in [3.8, 4) is 5.75 Å². The average molecular weight is 302 g/mol. The van der Waals surface area contributed by atoms with Crippen molar-refractivity contribution in [3.63, 3.8) is 0 Å². The van der Waals surface area contributed by atoms with Crippen LogP contribution in [0.25, 0.3) is 6.08 Å². The van der Waals surface area contributed by atoms with Crippen LogP contribution in [0.5, 0.6) is 5.75 Å². The maximum atomic E-state index is 6.28. The summed E-state index contributed by atoms with van der Waals surface area (Å²) in [6, 6.07) is 6.48. The van der Waals surface area contributed by atoms with Crippen molar-refractivity contribution in [1.82, 2.24) is 0 Å². The second kappa shape index (κ2) is 6.84. The molecule has 0 spiro atoms. The number of nitrogens with two attached hydrogens (primary N) is 2. The van der Waals surface area contributed by atoms with E-state index in [1.807, 2.05) is 6.92 Å². The molecule has 1 aliphatic rings. The van der Waals surface area contributed by atoms with E-state index in [0.29, 0.717) is 6.61 Å². The Morgan fingerprint density at radius 1 is 1.27 bits per heavy atom. The number of hydrogen-bond acceptors (Lipinski definition) is 3. The smallest absolute Gasteiger partial charge is 0.126 e. The first-order valence-electron chi connectivity index (χ1n) is 8.32. The summed E-state index contributed by atoms with van der Waals surface area (Å²) in [6.07, 6.45) is 5.35. The SMILES string of the molecule is CCOc1ccc(C(C)(C)C)cc1C=C1CCCC(N)C1N. The maximum Gasteiger partial charge on any atom is 0.126 e. The Hall–Kier alpha value is -1.32. The van der Waals surface area contributed by atoms with Crippen molar-refractivity contribution in [2.75, 3.05) is 6.61 Å².